The molecule has 4 heterocycles. The number of hydrogen-bond donors (Lipinski definition) is 0. The Hall–Kier alpha value is -2.22. The van der Waals surface area contributed by atoms with Gasteiger partial charge in [0.2, 0.25) is 0 Å². The van der Waals surface area contributed by atoms with Gasteiger partial charge in [-0.1, -0.05) is 30.3 Å². The second kappa shape index (κ2) is 9.10. The average molecular weight is 438 g/mol. The molecule has 0 bridgehead atoms. The minimum Gasteiger partial charge on any atom is -0.335 e. The fourth-order valence-electron chi connectivity index (χ4n) is 4.70. The van der Waals surface area contributed by atoms with Gasteiger partial charge in [0.05, 0.1) is 17.1 Å². The maximum atomic E-state index is 13.2. The van der Waals surface area contributed by atoms with E-state index in [1.165, 1.54) is 38.0 Å². The van der Waals surface area contributed by atoms with Crippen molar-refractivity contribution in [3.8, 4) is 0 Å². The van der Waals surface area contributed by atoms with Crippen LogP contribution in [0.25, 0.3) is 10.2 Å². The summed E-state index contributed by atoms with van der Waals surface area (Å²) in [4.78, 5) is 22.2. The Morgan fingerprint density at radius 2 is 1.65 bits per heavy atom. The normalized spacial score (nSPS) is 18.3. The van der Waals surface area contributed by atoms with Crippen molar-refractivity contribution in [1.82, 2.24) is 24.5 Å². The van der Waals surface area contributed by atoms with E-state index >= 15 is 0 Å². The summed E-state index contributed by atoms with van der Waals surface area (Å²) in [6.45, 7) is 11.2. The van der Waals surface area contributed by atoms with Crippen LogP contribution in [-0.2, 0) is 6.54 Å². The van der Waals surface area contributed by atoms with Crippen LogP contribution < -0.4 is 0 Å². The van der Waals surface area contributed by atoms with Crippen molar-refractivity contribution in [2.75, 3.05) is 52.4 Å². The molecule has 164 valence electrons. The number of benzene rings is 1. The first-order chi connectivity index (χ1) is 15.2. The molecule has 6 nitrogen and oxygen atoms in total. The summed E-state index contributed by atoms with van der Waals surface area (Å²) < 4.78 is 2.04. The third-order valence-electron chi connectivity index (χ3n) is 6.58. The summed E-state index contributed by atoms with van der Waals surface area (Å²) in [7, 11) is 0. The van der Waals surface area contributed by atoms with Crippen LogP contribution in [0.15, 0.2) is 36.4 Å². The highest BCUT2D eigenvalue weighted by atomic mass is 32.1. The molecule has 2 aromatic heterocycles. The van der Waals surface area contributed by atoms with E-state index in [0.29, 0.717) is 0 Å². The van der Waals surface area contributed by atoms with Crippen LogP contribution in [0.2, 0.25) is 0 Å². The molecule has 7 heteroatoms. The lowest BCUT2D eigenvalue weighted by molar-refractivity contribution is 0.0631. The minimum atomic E-state index is 0.172. The van der Waals surface area contributed by atoms with Gasteiger partial charge >= 0.3 is 0 Å². The van der Waals surface area contributed by atoms with Crippen molar-refractivity contribution in [1.29, 1.82) is 0 Å². The van der Waals surface area contributed by atoms with Gasteiger partial charge in [0.1, 0.15) is 4.83 Å². The molecule has 31 heavy (non-hydrogen) atoms. The Bertz CT molecular complexity index is 1030. The van der Waals surface area contributed by atoms with Crippen LogP contribution in [0.5, 0.6) is 0 Å². The monoisotopic (exact) mass is 437 g/mol. The highest BCUT2D eigenvalue weighted by Crippen LogP contribution is 2.30. The number of hydrogen-bond acceptors (Lipinski definition) is 5. The summed E-state index contributed by atoms with van der Waals surface area (Å²) in [5, 5.41) is 5.82. The molecule has 3 aromatic rings. The average Bonchev–Trinajstić information content (AvgIpc) is 3.53. The number of carbonyl (C=O) groups is 1. The van der Waals surface area contributed by atoms with Crippen molar-refractivity contribution in [2.24, 2.45) is 0 Å². The van der Waals surface area contributed by atoms with E-state index in [4.69, 9.17) is 5.10 Å². The van der Waals surface area contributed by atoms with Crippen LogP contribution in [0.3, 0.4) is 0 Å². The lowest BCUT2D eigenvalue weighted by atomic mass is 10.2. The lowest BCUT2D eigenvalue weighted by Gasteiger charge is -2.35. The molecule has 0 unspecified atom stereocenters. The van der Waals surface area contributed by atoms with Crippen molar-refractivity contribution < 1.29 is 4.79 Å². The maximum Gasteiger partial charge on any atom is 0.264 e. The number of fused-ring (bicyclic) bond motifs is 1. The second-order valence-corrected chi connectivity index (χ2v) is 9.77. The molecule has 0 N–H and O–H groups in total. The zero-order chi connectivity index (χ0) is 21.2. The van der Waals surface area contributed by atoms with E-state index in [0.717, 1.165) is 60.1 Å². The van der Waals surface area contributed by atoms with Gasteiger partial charge < -0.3 is 9.80 Å². The molecular formula is C24H31N5OS. The minimum absolute atomic E-state index is 0.172. The van der Waals surface area contributed by atoms with Gasteiger partial charge in [-0.25, -0.2) is 0 Å². The van der Waals surface area contributed by atoms with Gasteiger partial charge in [-0.15, -0.1) is 11.3 Å². The molecule has 0 atom stereocenters. The molecule has 0 aliphatic carbocycles. The SMILES string of the molecule is Cc1nn(Cc2ccccc2)c2sc(C(=O)N3CCN(CCN4CCCC4)CC3)cc12. The van der Waals surface area contributed by atoms with Crippen LogP contribution >= 0.6 is 11.3 Å². The Morgan fingerprint density at radius 1 is 0.968 bits per heavy atom. The fraction of sp³-hybridized carbons (Fsp3) is 0.500. The second-order valence-electron chi connectivity index (χ2n) is 8.74. The van der Waals surface area contributed by atoms with E-state index in [9.17, 15) is 4.79 Å². The van der Waals surface area contributed by atoms with Gasteiger partial charge in [-0.3, -0.25) is 14.4 Å². The van der Waals surface area contributed by atoms with E-state index < -0.39 is 0 Å². The largest absolute Gasteiger partial charge is 0.335 e. The van der Waals surface area contributed by atoms with E-state index in [1.54, 1.807) is 11.3 Å². The van der Waals surface area contributed by atoms with Gasteiger partial charge in [0.25, 0.3) is 5.91 Å². The summed E-state index contributed by atoms with van der Waals surface area (Å²) >= 11 is 1.58. The molecule has 5 rings (SSSR count). The number of nitrogens with zero attached hydrogens (tertiary/aromatic N) is 5. The van der Waals surface area contributed by atoms with Gasteiger partial charge in [-0.05, 0) is 44.5 Å². The molecule has 0 radical (unpaired) electrons. The van der Waals surface area contributed by atoms with Gasteiger partial charge in [0.15, 0.2) is 0 Å². The standard InChI is InChI=1S/C24H31N5OS/c1-19-21-17-22(31-24(21)29(25-19)18-20-7-3-2-4-8-20)23(30)28-15-13-27(14-16-28)12-11-26-9-5-6-10-26/h2-4,7-8,17H,5-6,9-16,18H2,1H3. The number of amides is 1. The number of aromatic nitrogens is 2. The molecular weight excluding hydrogens is 406 g/mol. The smallest absolute Gasteiger partial charge is 0.264 e. The zero-order valence-corrected chi connectivity index (χ0v) is 19.1. The number of thiophene rings is 1. The summed E-state index contributed by atoms with van der Waals surface area (Å²) in [5.74, 6) is 0.172. The first-order valence-electron chi connectivity index (χ1n) is 11.4. The first kappa shape index (κ1) is 20.7. The Morgan fingerprint density at radius 3 is 2.35 bits per heavy atom. The Kier molecular flexibility index (Phi) is 6.07. The highest BCUT2D eigenvalue weighted by molar-refractivity contribution is 7.20. The van der Waals surface area contributed by atoms with Crippen LogP contribution in [0.4, 0.5) is 0 Å². The molecule has 2 fully saturated rings. The topological polar surface area (TPSA) is 44.6 Å². The lowest BCUT2D eigenvalue weighted by Crippen LogP contribution is -2.50. The van der Waals surface area contributed by atoms with Crippen molar-refractivity contribution in [3.05, 3.63) is 52.5 Å². The third-order valence-corrected chi connectivity index (χ3v) is 7.72. The first-order valence-corrected chi connectivity index (χ1v) is 12.2. The van der Waals surface area contributed by atoms with Crippen molar-refractivity contribution >= 4 is 27.5 Å². The highest BCUT2D eigenvalue weighted by Gasteiger charge is 2.25. The van der Waals surface area contributed by atoms with Gasteiger partial charge in [0, 0.05) is 44.7 Å². The van der Waals surface area contributed by atoms with Crippen LogP contribution in [-0.4, -0.2) is 82.7 Å². The number of aryl methyl sites for hydroxylation is 1. The number of piperazine rings is 1. The molecule has 1 amide bonds. The Labute approximate surface area is 188 Å². The van der Waals surface area contributed by atoms with E-state index in [1.807, 2.05) is 28.6 Å². The molecule has 2 aliphatic heterocycles. The number of rotatable bonds is 6. The fourth-order valence-corrected chi connectivity index (χ4v) is 5.83. The third kappa shape index (κ3) is 4.54. The predicted octanol–water partition coefficient (Wildman–Crippen LogP) is 3.31. The molecule has 0 saturated carbocycles. The predicted molar refractivity (Wildman–Crippen MR) is 126 cm³/mol. The van der Waals surface area contributed by atoms with Crippen molar-refractivity contribution in [3.63, 3.8) is 0 Å². The van der Waals surface area contributed by atoms with E-state index in [2.05, 4.69) is 34.1 Å². The molecule has 2 aliphatic rings. The van der Waals surface area contributed by atoms with E-state index in [-0.39, 0.29) is 5.91 Å². The quantitative estimate of drug-likeness (QED) is 0.594. The number of likely N-dealkylation sites (tertiary alicyclic amines) is 1. The number of carbonyl (C=O) groups excluding carboxylic acids is 1. The summed E-state index contributed by atoms with van der Waals surface area (Å²) in [6, 6.07) is 12.4. The van der Waals surface area contributed by atoms with Gasteiger partial charge in [-0.2, -0.15) is 5.10 Å². The molecule has 2 saturated heterocycles. The van der Waals surface area contributed by atoms with Crippen molar-refractivity contribution in [2.45, 2.75) is 26.3 Å². The summed E-state index contributed by atoms with van der Waals surface area (Å²) in [5.41, 5.74) is 2.21. The Balaban J connectivity index is 1.22. The molecule has 1 aromatic carbocycles. The van der Waals surface area contributed by atoms with Crippen LogP contribution in [0, 0.1) is 6.92 Å². The maximum absolute atomic E-state index is 13.2. The zero-order valence-electron chi connectivity index (χ0n) is 18.3. The molecule has 0 spiro atoms. The van der Waals surface area contributed by atoms with Crippen LogP contribution in [0.1, 0.15) is 33.8 Å². The summed E-state index contributed by atoms with van der Waals surface area (Å²) in [6.07, 6.45) is 2.69.